The van der Waals surface area contributed by atoms with Crippen molar-refractivity contribution >= 4 is 22.9 Å². The molecule has 0 spiro atoms. The Labute approximate surface area is 127 Å². The first kappa shape index (κ1) is 13.8. The zero-order chi connectivity index (χ0) is 13.9. The Morgan fingerprint density at radius 3 is 2.60 bits per heavy atom. The lowest BCUT2D eigenvalue weighted by Crippen LogP contribution is -2.22. The highest BCUT2D eigenvalue weighted by Gasteiger charge is 2.19. The van der Waals surface area contributed by atoms with Gasteiger partial charge < -0.3 is 0 Å². The molecule has 1 aliphatic rings. The van der Waals surface area contributed by atoms with E-state index in [0.717, 1.165) is 41.1 Å². The summed E-state index contributed by atoms with van der Waals surface area (Å²) in [6.07, 6.45) is 4.33. The van der Waals surface area contributed by atoms with Crippen molar-refractivity contribution in [2.24, 2.45) is 12.0 Å². The molecule has 106 valence electrons. The van der Waals surface area contributed by atoms with Gasteiger partial charge in [0, 0.05) is 18.0 Å². The number of rotatable bonds is 2. The molecule has 1 fully saturated rings. The number of alkyl halides is 1. The molecule has 0 saturated heterocycles. The fourth-order valence-corrected chi connectivity index (χ4v) is 3.70. The van der Waals surface area contributed by atoms with Crippen molar-refractivity contribution in [3.8, 4) is 10.6 Å². The molecule has 1 aromatic carbocycles. The molecule has 2 aromatic rings. The number of aromatic nitrogens is 2. The van der Waals surface area contributed by atoms with E-state index in [2.05, 4.69) is 17.2 Å². The van der Waals surface area contributed by atoms with E-state index in [9.17, 15) is 0 Å². The predicted molar refractivity (Wildman–Crippen MR) is 84.0 cm³/mol. The van der Waals surface area contributed by atoms with Crippen LogP contribution >= 0.6 is 22.9 Å². The van der Waals surface area contributed by atoms with Crippen LogP contribution in [0, 0.1) is 0 Å². The summed E-state index contributed by atoms with van der Waals surface area (Å²) in [7, 11) is 1.97. The van der Waals surface area contributed by atoms with E-state index in [1.807, 2.05) is 29.9 Å². The third-order valence-corrected chi connectivity index (χ3v) is 5.14. The summed E-state index contributed by atoms with van der Waals surface area (Å²) in [5.41, 5.74) is 1.15. The van der Waals surface area contributed by atoms with Crippen molar-refractivity contribution in [1.29, 1.82) is 0 Å². The van der Waals surface area contributed by atoms with Crippen LogP contribution in [0.25, 0.3) is 10.6 Å². The largest absolute Gasteiger partial charge is 0.254 e. The van der Waals surface area contributed by atoms with E-state index in [1.54, 1.807) is 11.3 Å². The second-order valence-corrected chi connectivity index (χ2v) is 6.79. The first-order valence-corrected chi connectivity index (χ1v) is 8.25. The number of hydrogen-bond donors (Lipinski definition) is 0. The van der Waals surface area contributed by atoms with Crippen LogP contribution in [0.5, 0.6) is 0 Å². The maximum absolute atomic E-state index is 6.14. The number of halogens is 1. The molecule has 20 heavy (non-hydrogen) atoms. The fourth-order valence-electron chi connectivity index (χ4n) is 2.48. The second kappa shape index (κ2) is 6.10. The maximum atomic E-state index is 6.14. The van der Waals surface area contributed by atoms with Gasteiger partial charge in [-0.15, -0.1) is 11.6 Å². The summed E-state index contributed by atoms with van der Waals surface area (Å²) < 4.78 is 1.89. The lowest BCUT2D eigenvalue weighted by atomic mass is 9.96. The van der Waals surface area contributed by atoms with E-state index in [0.29, 0.717) is 11.4 Å². The molecule has 1 aliphatic carbocycles. The summed E-state index contributed by atoms with van der Waals surface area (Å²) in [4.78, 5) is 5.86. The van der Waals surface area contributed by atoms with Crippen LogP contribution in [0.15, 0.2) is 35.3 Å². The summed E-state index contributed by atoms with van der Waals surface area (Å²) in [6, 6.07) is 10.7. The Bertz CT molecular complexity index is 624. The molecule has 5 heteroatoms. The highest BCUT2D eigenvalue weighted by Crippen LogP contribution is 2.25. The summed E-state index contributed by atoms with van der Waals surface area (Å²) >= 11 is 7.80. The van der Waals surface area contributed by atoms with Gasteiger partial charge in [-0.1, -0.05) is 41.7 Å². The van der Waals surface area contributed by atoms with Crippen molar-refractivity contribution in [2.45, 2.75) is 37.1 Å². The predicted octanol–water partition coefficient (Wildman–Crippen LogP) is 3.60. The standard InChI is InChI=1S/C15H18ClN3S/c1-19-15(17-13-9-7-12(16)8-10-13)20-14(18-19)11-5-3-2-4-6-11/h2-6,12-13H,7-10H2,1H3. The lowest BCUT2D eigenvalue weighted by Gasteiger charge is -2.21. The molecule has 1 aromatic heterocycles. The van der Waals surface area contributed by atoms with Gasteiger partial charge in [-0.2, -0.15) is 5.10 Å². The van der Waals surface area contributed by atoms with Gasteiger partial charge in [-0.3, -0.25) is 4.99 Å². The smallest absolute Gasteiger partial charge is 0.203 e. The van der Waals surface area contributed by atoms with Crippen LogP contribution in [0.4, 0.5) is 0 Å². The highest BCUT2D eigenvalue weighted by atomic mass is 35.5. The third kappa shape index (κ3) is 3.13. The van der Waals surface area contributed by atoms with Crippen molar-refractivity contribution in [2.75, 3.05) is 0 Å². The first-order chi connectivity index (χ1) is 9.72. The summed E-state index contributed by atoms with van der Waals surface area (Å²) in [5.74, 6) is 0. The van der Waals surface area contributed by atoms with Gasteiger partial charge in [0.05, 0.1) is 6.04 Å². The molecular formula is C15H18ClN3S. The Morgan fingerprint density at radius 1 is 1.20 bits per heavy atom. The Hall–Kier alpha value is -1.13. The monoisotopic (exact) mass is 307 g/mol. The molecule has 0 N–H and O–H groups in total. The quantitative estimate of drug-likeness (QED) is 0.780. The molecule has 1 saturated carbocycles. The number of nitrogens with zero attached hydrogens (tertiary/aromatic N) is 3. The Kier molecular flexibility index (Phi) is 4.22. The molecule has 0 atom stereocenters. The number of aryl methyl sites for hydroxylation is 1. The highest BCUT2D eigenvalue weighted by molar-refractivity contribution is 7.12. The maximum Gasteiger partial charge on any atom is 0.203 e. The second-order valence-electron chi connectivity index (χ2n) is 5.21. The van der Waals surface area contributed by atoms with Crippen molar-refractivity contribution < 1.29 is 0 Å². The van der Waals surface area contributed by atoms with Crippen LogP contribution in [-0.2, 0) is 7.05 Å². The Morgan fingerprint density at radius 2 is 1.90 bits per heavy atom. The number of hydrogen-bond acceptors (Lipinski definition) is 3. The molecular weight excluding hydrogens is 290 g/mol. The Balaban J connectivity index is 1.86. The normalized spacial score (nSPS) is 24.0. The number of benzene rings is 1. The van der Waals surface area contributed by atoms with E-state index < -0.39 is 0 Å². The molecule has 1 heterocycles. The van der Waals surface area contributed by atoms with Crippen LogP contribution in [0.1, 0.15) is 25.7 Å². The molecule has 0 bridgehead atoms. The lowest BCUT2D eigenvalue weighted by molar-refractivity contribution is 0.439. The minimum absolute atomic E-state index is 0.344. The summed E-state index contributed by atoms with van der Waals surface area (Å²) in [5, 5.41) is 5.95. The molecule has 3 rings (SSSR count). The van der Waals surface area contributed by atoms with Crippen LogP contribution < -0.4 is 4.80 Å². The van der Waals surface area contributed by atoms with E-state index >= 15 is 0 Å². The molecule has 0 aliphatic heterocycles. The fraction of sp³-hybridized carbons (Fsp3) is 0.467. The average Bonchev–Trinajstić information content (AvgIpc) is 2.84. The zero-order valence-electron chi connectivity index (χ0n) is 11.5. The molecule has 0 unspecified atom stereocenters. The van der Waals surface area contributed by atoms with Gasteiger partial charge in [-0.25, -0.2) is 4.68 Å². The molecule has 0 amide bonds. The van der Waals surface area contributed by atoms with Gasteiger partial charge >= 0.3 is 0 Å². The van der Waals surface area contributed by atoms with Crippen LogP contribution in [0.2, 0.25) is 0 Å². The van der Waals surface area contributed by atoms with E-state index in [1.165, 1.54) is 0 Å². The van der Waals surface area contributed by atoms with Gasteiger partial charge in [-0.05, 0) is 25.7 Å². The topological polar surface area (TPSA) is 30.2 Å². The van der Waals surface area contributed by atoms with E-state index in [-0.39, 0.29) is 0 Å². The van der Waals surface area contributed by atoms with Gasteiger partial charge in [0.15, 0.2) is 0 Å². The van der Waals surface area contributed by atoms with Gasteiger partial charge in [0.25, 0.3) is 0 Å². The average molecular weight is 308 g/mol. The minimum atomic E-state index is 0.344. The van der Waals surface area contributed by atoms with Crippen molar-refractivity contribution in [3.05, 3.63) is 35.1 Å². The molecule has 0 radical (unpaired) electrons. The van der Waals surface area contributed by atoms with Crippen molar-refractivity contribution in [1.82, 2.24) is 9.78 Å². The van der Waals surface area contributed by atoms with Crippen LogP contribution in [0.3, 0.4) is 0 Å². The minimum Gasteiger partial charge on any atom is -0.254 e. The zero-order valence-corrected chi connectivity index (χ0v) is 13.1. The first-order valence-electron chi connectivity index (χ1n) is 7.00. The van der Waals surface area contributed by atoms with Gasteiger partial charge in [0.2, 0.25) is 4.80 Å². The van der Waals surface area contributed by atoms with E-state index in [4.69, 9.17) is 16.6 Å². The van der Waals surface area contributed by atoms with Crippen molar-refractivity contribution in [3.63, 3.8) is 0 Å². The third-order valence-electron chi connectivity index (χ3n) is 3.65. The van der Waals surface area contributed by atoms with Crippen LogP contribution in [-0.4, -0.2) is 21.2 Å². The van der Waals surface area contributed by atoms with Gasteiger partial charge in [0.1, 0.15) is 5.01 Å². The summed E-state index contributed by atoms with van der Waals surface area (Å²) in [6.45, 7) is 0. The molecule has 3 nitrogen and oxygen atoms in total. The SMILES string of the molecule is Cn1nc(-c2ccccc2)sc1=NC1CCC(Cl)CC1.